The quantitative estimate of drug-likeness (QED) is 0.379. The van der Waals surface area contributed by atoms with E-state index in [1.165, 1.54) is 20.0 Å². The molecule has 0 aromatic rings. The van der Waals surface area contributed by atoms with Crippen LogP contribution in [0.2, 0.25) is 0 Å². The number of nitrogens with two attached hydrogens (primary N) is 1. The Balaban J connectivity index is 1.01. The second-order valence-electron chi connectivity index (χ2n) is 18.3. The third-order valence-corrected chi connectivity index (χ3v) is 16.4. The Hall–Kier alpha value is -1.46. The van der Waals surface area contributed by atoms with E-state index in [0.717, 1.165) is 44.9 Å². The maximum Gasteiger partial charge on any atom is 0.508 e. The van der Waals surface area contributed by atoms with Gasteiger partial charge in [-0.15, -0.1) is 0 Å². The van der Waals surface area contributed by atoms with E-state index in [0.29, 0.717) is 43.9 Å². The predicted molar refractivity (Wildman–Crippen MR) is 176 cm³/mol. The van der Waals surface area contributed by atoms with E-state index in [-0.39, 0.29) is 76.5 Å². The number of hydrogen-bond acceptors (Lipinski definition) is 9. The van der Waals surface area contributed by atoms with Gasteiger partial charge in [-0.25, -0.2) is 4.79 Å². The number of methoxy groups -OCH3 is 1. The van der Waals surface area contributed by atoms with Crippen molar-refractivity contribution in [2.45, 2.75) is 135 Å². The number of aliphatic hydroxyl groups excluding tert-OH is 1. The molecular weight excluding hydrogens is 612 g/mol. The van der Waals surface area contributed by atoms with Crippen LogP contribution in [0, 0.1) is 57.2 Å². The number of fused-ring (bicyclic) bond motifs is 4. The Kier molecular flexibility index (Phi) is 7.90. The van der Waals surface area contributed by atoms with E-state index in [2.05, 4.69) is 39.4 Å². The minimum Gasteiger partial charge on any atom is -0.438 e. The summed E-state index contributed by atoms with van der Waals surface area (Å²) < 4.78 is 29.6. The first-order valence-electron chi connectivity index (χ1n) is 19.1. The average molecular weight is 673 g/mol. The summed E-state index contributed by atoms with van der Waals surface area (Å²) in [6, 6.07) is 0. The lowest BCUT2D eigenvalue weighted by molar-refractivity contribution is -0.245. The van der Waals surface area contributed by atoms with Gasteiger partial charge in [-0.2, -0.15) is 0 Å². The molecule has 0 bridgehead atoms. The van der Waals surface area contributed by atoms with Crippen LogP contribution in [0.3, 0.4) is 0 Å². The van der Waals surface area contributed by atoms with E-state index in [1.54, 1.807) is 0 Å². The minimum atomic E-state index is -0.777. The van der Waals surface area contributed by atoms with Crippen molar-refractivity contribution in [2.75, 3.05) is 33.4 Å². The highest BCUT2D eigenvalue weighted by Gasteiger charge is 2.88. The normalized spacial score (nSPS) is 51.8. The Morgan fingerprint density at radius 1 is 1.00 bits per heavy atom. The smallest absolute Gasteiger partial charge is 0.438 e. The zero-order chi connectivity index (χ0) is 34.0. The molecule has 2 spiro atoms. The van der Waals surface area contributed by atoms with Gasteiger partial charge < -0.3 is 39.4 Å². The monoisotopic (exact) mass is 672 g/mol. The predicted octanol–water partition coefficient (Wildman–Crippen LogP) is 4.89. The average Bonchev–Trinajstić information content (AvgIpc) is 3.96. The summed E-state index contributed by atoms with van der Waals surface area (Å²) in [7, 11) is 1.31. The Morgan fingerprint density at radius 3 is 2.46 bits per heavy atom. The van der Waals surface area contributed by atoms with Crippen LogP contribution < -0.4 is 5.73 Å². The van der Waals surface area contributed by atoms with E-state index in [4.69, 9.17) is 24.7 Å². The van der Waals surface area contributed by atoms with Crippen molar-refractivity contribution in [1.29, 1.82) is 0 Å². The molecule has 3 N–H and O–H groups in total. The van der Waals surface area contributed by atoms with Gasteiger partial charge in [-0.1, -0.05) is 34.6 Å². The van der Waals surface area contributed by atoms with Gasteiger partial charge in [0.2, 0.25) is 5.91 Å². The molecule has 10 heteroatoms. The minimum absolute atomic E-state index is 0.0556. The standard InChI is InChI=1S/C38H60N2O8/c1-21-17-24(20-46-33(43)44-6)47-31-30(21)35(5)13-14-37-22(2)36(37)12-11-27(34(3,4)25(36)9-10-26(37)38(35,39)32(31)42)48-29-19-40(15-16-45-29)28(41)18-23-7-8-23/h21-27,29-32,42H,7-20,39H2,1-6H3/t21-,22-,24-,25+,26-,27+,29+,30+,31+,32+,35-,36-,37+,38+/m1/s1. The third-order valence-electron chi connectivity index (χ3n) is 16.4. The number of morpholine rings is 1. The summed E-state index contributed by atoms with van der Waals surface area (Å²) in [5, 5.41) is 12.3. The van der Waals surface area contributed by atoms with Crippen LogP contribution in [-0.2, 0) is 28.5 Å². The topological polar surface area (TPSA) is 130 Å². The highest BCUT2D eigenvalue weighted by atomic mass is 16.7. The van der Waals surface area contributed by atoms with Crippen LogP contribution in [0.4, 0.5) is 4.79 Å². The van der Waals surface area contributed by atoms with E-state index >= 15 is 0 Å². The van der Waals surface area contributed by atoms with E-state index in [9.17, 15) is 14.7 Å². The lowest BCUT2D eigenvalue weighted by Gasteiger charge is -2.63. The van der Waals surface area contributed by atoms with Crippen LogP contribution in [0.15, 0.2) is 0 Å². The Morgan fingerprint density at radius 2 is 1.73 bits per heavy atom. The molecule has 8 fully saturated rings. The summed E-state index contributed by atoms with van der Waals surface area (Å²) >= 11 is 0. The highest BCUT2D eigenvalue weighted by molar-refractivity contribution is 5.76. The number of hydrogen-bond donors (Lipinski definition) is 2. The number of nitrogens with zero attached hydrogens (tertiary/aromatic N) is 1. The summed E-state index contributed by atoms with van der Waals surface area (Å²) in [5.74, 6) is 2.51. The Labute approximate surface area is 286 Å². The second kappa shape index (κ2) is 11.3. The fourth-order valence-electron chi connectivity index (χ4n) is 14.1. The molecule has 6 aliphatic carbocycles. The van der Waals surface area contributed by atoms with Gasteiger partial charge in [0.05, 0.1) is 50.2 Å². The number of ether oxygens (including phenoxy) is 5. The molecule has 2 saturated heterocycles. The van der Waals surface area contributed by atoms with Gasteiger partial charge in [-0.05, 0) is 115 Å². The first-order chi connectivity index (χ1) is 22.8. The van der Waals surface area contributed by atoms with Gasteiger partial charge >= 0.3 is 6.16 Å². The molecule has 8 aliphatic rings. The number of carbonyl (C=O) groups excluding carboxylic acids is 2. The van der Waals surface area contributed by atoms with Crippen molar-refractivity contribution in [1.82, 2.24) is 4.90 Å². The molecule has 0 aromatic heterocycles. The molecule has 0 unspecified atom stereocenters. The molecule has 2 heterocycles. The van der Waals surface area contributed by atoms with Crippen LogP contribution >= 0.6 is 0 Å². The molecule has 14 atom stereocenters. The number of aliphatic hydroxyl groups is 1. The maximum absolute atomic E-state index is 12.9. The largest absolute Gasteiger partial charge is 0.508 e. The summed E-state index contributed by atoms with van der Waals surface area (Å²) in [6.45, 7) is 13.8. The van der Waals surface area contributed by atoms with Crippen LogP contribution in [0.1, 0.15) is 98.8 Å². The summed E-state index contributed by atoms with van der Waals surface area (Å²) in [6.07, 6.45) is 7.65. The zero-order valence-corrected chi connectivity index (χ0v) is 30.1. The van der Waals surface area contributed by atoms with Crippen LogP contribution in [0.25, 0.3) is 0 Å². The lowest BCUT2D eigenvalue weighted by atomic mass is 9.43. The van der Waals surface area contributed by atoms with Crippen molar-refractivity contribution >= 4 is 12.1 Å². The van der Waals surface area contributed by atoms with E-state index in [1.807, 2.05) is 4.90 Å². The first-order valence-corrected chi connectivity index (χ1v) is 19.1. The molecule has 8 rings (SSSR count). The molecule has 6 saturated carbocycles. The van der Waals surface area contributed by atoms with Crippen LogP contribution in [0.5, 0.6) is 0 Å². The summed E-state index contributed by atoms with van der Waals surface area (Å²) in [4.78, 5) is 26.6. The van der Waals surface area contributed by atoms with Gasteiger partial charge in [-0.3, -0.25) is 4.79 Å². The van der Waals surface area contributed by atoms with Gasteiger partial charge in [0.1, 0.15) is 6.61 Å². The van der Waals surface area contributed by atoms with Crippen molar-refractivity contribution < 1.29 is 38.4 Å². The molecule has 0 aromatic carbocycles. The van der Waals surface area contributed by atoms with Crippen molar-refractivity contribution in [3.63, 3.8) is 0 Å². The number of carbonyl (C=O) groups is 2. The van der Waals surface area contributed by atoms with Gasteiger partial charge in [0.25, 0.3) is 0 Å². The van der Waals surface area contributed by atoms with Crippen molar-refractivity contribution in [3.8, 4) is 0 Å². The fourth-order valence-corrected chi connectivity index (χ4v) is 14.1. The summed E-state index contributed by atoms with van der Waals surface area (Å²) in [5.41, 5.74) is 7.02. The Bertz CT molecular complexity index is 1310. The molecule has 2 aliphatic heterocycles. The van der Waals surface area contributed by atoms with Crippen molar-refractivity contribution in [2.24, 2.45) is 62.9 Å². The second-order valence-corrected chi connectivity index (χ2v) is 18.3. The lowest BCUT2D eigenvalue weighted by Crippen LogP contribution is -2.70. The van der Waals surface area contributed by atoms with Gasteiger partial charge in [0.15, 0.2) is 6.29 Å². The number of rotatable bonds is 6. The van der Waals surface area contributed by atoms with Gasteiger partial charge in [0, 0.05) is 13.0 Å². The third kappa shape index (κ3) is 4.40. The van der Waals surface area contributed by atoms with Crippen LogP contribution in [-0.4, -0.2) is 91.7 Å². The highest BCUT2D eigenvalue weighted by Crippen LogP contribution is 2.90. The van der Waals surface area contributed by atoms with Crippen molar-refractivity contribution in [3.05, 3.63) is 0 Å². The maximum atomic E-state index is 12.9. The molecule has 270 valence electrons. The molecule has 0 radical (unpaired) electrons. The molecule has 10 nitrogen and oxygen atoms in total. The van der Waals surface area contributed by atoms with E-state index < -0.39 is 17.8 Å². The molecule has 1 amide bonds. The fraction of sp³-hybridized carbons (Fsp3) is 0.947. The first kappa shape index (κ1) is 33.7. The number of amides is 1. The SMILES string of the molecule is COC(=O)OC[C@H]1C[C@@H](C)[C@H]2[C@H](O1)[C@H](O)[C@@]1(N)[C@@H]3CC[C@H]4C(C)(C)[C@@H](O[C@H]5CN(C(=O)CC6CC6)CCO5)CC[C@@]45[C@@H](C)[C@@]35CC[C@]21C. The zero-order valence-electron chi connectivity index (χ0n) is 30.1. The molecular formula is C38H60N2O8. The molecule has 48 heavy (non-hydrogen) atoms.